The number of aromatic nitrogens is 2. The highest BCUT2D eigenvalue weighted by Crippen LogP contribution is 2.32. The second-order valence-electron chi connectivity index (χ2n) is 4.21. The van der Waals surface area contributed by atoms with Crippen molar-refractivity contribution in [2.45, 2.75) is 6.18 Å². The van der Waals surface area contributed by atoms with E-state index in [9.17, 15) is 13.2 Å². The van der Waals surface area contributed by atoms with E-state index in [2.05, 4.69) is 9.97 Å². The molecule has 2 aromatic heterocycles. The van der Waals surface area contributed by atoms with E-state index in [1.54, 1.807) is 24.5 Å². The number of pyridine rings is 1. The van der Waals surface area contributed by atoms with Gasteiger partial charge in [-0.1, -0.05) is 12.1 Å². The van der Waals surface area contributed by atoms with Crippen LogP contribution in [-0.2, 0) is 6.18 Å². The van der Waals surface area contributed by atoms with E-state index in [1.165, 1.54) is 6.07 Å². The maximum atomic E-state index is 12.7. The topological polar surface area (TPSA) is 28.7 Å². The van der Waals surface area contributed by atoms with Crippen LogP contribution < -0.4 is 0 Å². The quantitative estimate of drug-likeness (QED) is 0.697. The summed E-state index contributed by atoms with van der Waals surface area (Å²) in [5.74, 6) is 0. The van der Waals surface area contributed by atoms with Gasteiger partial charge in [-0.05, 0) is 29.8 Å². The van der Waals surface area contributed by atoms with Gasteiger partial charge in [-0.2, -0.15) is 13.2 Å². The molecule has 0 aliphatic carbocycles. The van der Waals surface area contributed by atoms with Gasteiger partial charge in [0.1, 0.15) is 0 Å². The van der Waals surface area contributed by atoms with Crippen LogP contribution in [0.25, 0.3) is 22.2 Å². The van der Waals surface area contributed by atoms with Gasteiger partial charge in [0.15, 0.2) is 0 Å². The van der Waals surface area contributed by atoms with Crippen LogP contribution >= 0.6 is 0 Å². The summed E-state index contributed by atoms with van der Waals surface area (Å²) in [5.41, 5.74) is 2.09. The highest BCUT2D eigenvalue weighted by atomic mass is 19.4. The maximum absolute atomic E-state index is 12.7. The molecule has 3 aromatic rings. The summed E-state index contributed by atoms with van der Waals surface area (Å²) in [6.45, 7) is 0. The van der Waals surface area contributed by atoms with Crippen LogP contribution in [0.2, 0.25) is 0 Å². The molecule has 0 saturated heterocycles. The van der Waals surface area contributed by atoms with Gasteiger partial charge in [0.05, 0.1) is 16.6 Å². The largest absolute Gasteiger partial charge is 0.416 e. The van der Waals surface area contributed by atoms with Crippen LogP contribution in [0.4, 0.5) is 13.2 Å². The summed E-state index contributed by atoms with van der Waals surface area (Å²) in [6.07, 6.45) is -1.01. The Labute approximate surface area is 106 Å². The molecule has 0 amide bonds. The number of halogens is 3. The first-order valence-corrected chi connectivity index (χ1v) is 5.65. The molecule has 2 heterocycles. The number of fused-ring (bicyclic) bond motifs is 1. The summed E-state index contributed by atoms with van der Waals surface area (Å²) in [4.78, 5) is 7.19. The summed E-state index contributed by atoms with van der Waals surface area (Å²) in [6, 6.07) is 8.83. The number of hydrogen-bond donors (Lipinski definition) is 1. The lowest BCUT2D eigenvalue weighted by Gasteiger charge is -2.08. The van der Waals surface area contributed by atoms with Gasteiger partial charge in [-0.3, -0.25) is 4.98 Å². The third-order valence-corrected chi connectivity index (χ3v) is 2.92. The molecule has 0 unspecified atom stereocenters. The predicted molar refractivity (Wildman–Crippen MR) is 66.5 cm³/mol. The van der Waals surface area contributed by atoms with Crippen LogP contribution in [0.3, 0.4) is 0 Å². The molecule has 5 heteroatoms. The molecule has 96 valence electrons. The maximum Gasteiger partial charge on any atom is 0.416 e. The number of rotatable bonds is 1. The highest BCUT2D eigenvalue weighted by molar-refractivity contribution is 5.80. The molecule has 0 aliphatic heterocycles. The Morgan fingerprint density at radius 2 is 1.84 bits per heavy atom. The van der Waals surface area contributed by atoms with Crippen molar-refractivity contribution in [3.63, 3.8) is 0 Å². The zero-order chi connectivity index (χ0) is 13.5. The fourth-order valence-corrected chi connectivity index (χ4v) is 1.97. The minimum Gasteiger partial charge on any atom is -0.360 e. The first-order valence-electron chi connectivity index (χ1n) is 5.65. The van der Waals surface area contributed by atoms with Crippen molar-refractivity contribution in [3.05, 3.63) is 54.4 Å². The van der Waals surface area contributed by atoms with Gasteiger partial charge in [0.2, 0.25) is 0 Å². The average Bonchev–Trinajstić information content (AvgIpc) is 2.85. The van der Waals surface area contributed by atoms with E-state index in [0.717, 1.165) is 23.2 Å². The van der Waals surface area contributed by atoms with Crippen LogP contribution in [0, 0.1) is 0 Å². The van der Waals surface area contributed by atoms with Crippen molar-refractivity contribution in [2.24, 2.45) is 0 Å². The van der Waals surface area contributed by atoms with Gasteiger partial charge in [-0.15, -0.1) is 0 Å². The first-order chi connectivity index (χ1) is 9.04. The summed E-state index contributed by atoms with van der Waals surface area (Å²) in [7, 11) is 0. The molecule has 3 rings (SSSR count). The number of H-pyrrole nitrogens is 1. The van der Waals surface area contributed by atoms with Crippen molar-refractivity contribution >= 4 is 11.0 Å². The molecule has 0 aliphatic rings. The Kier molecular flexibility index (Phi) is 2.55. The average molecular weight is 262 g/mol. The Balaban J connectivity index is 2.10. The highest BCUT2D eigenvalue weighted by Gasteiger charge is 2.30. The third kappa shape index (κ3) is 2.19. The SMILES string of the molecule is FC(F)(F)c1cccc(-c2cnc3cc[nH]c3c2)c1. The zero-order valence-corrected chi connectivity index (χ0v) is 9.70. The molecule has 0 bridgehead atoms. The van der Waals surface area contributed by atoms with Crippen molar-refractivity contribution in [1.29, 1.82) is 0 Å². The second-order valence-corrected chi connectivity index (χ2v) is 4.21. The Bertz CT molecular complexity index is 729. The van der Waals surface area contributed by atoms with Crippen molar-refractivity contribution in [3.8, 4) is 11.1 Å². The summed E-state index contributed by atoms with van der Waals surface area (Å²) >= 11 is 0. The Hall–Kier alpha value is -2.30. The van der Waals surface area contributed by atoms with Crippen molar-refractivity contribution < 1.29 is 13.2 Å². The second kappa shape index (κ2) is 4.12. The lowest BCUT2D eigenvalue weighted by molar-refractivity contribution is -0.137. The van der Waals surface area contributed by atoms with Crippen LogP contribution in [0.15, 0.2) is 48.8 Å². The van der Waals surface area contributed by atoms with Crippen molar-refractivity contribution in [1.82, 2.24) is 9.97 Å². The van der Waals surface area contributed by atoms with Gasteiger partial charge >= 0.3 is 6.18 Å². The minimum absolute atomic E-state index is 0.499. The lowest BCUT2D eigenvalue weighted by Crippen LogP contribution is -2.04. The van der Waals surface area contributed by atoms with Gasteiger partial charge in [0, 0.05) is 18.0 Å². The predicted octanol–water partition coefficient (Wildman–Crippen LogP) is 4.25. The van der Waals surface area contributed by atoms with E-state index in [1.807, 2.05) is 6.07 Å². The fraction of sp³-hybridized carbons (Fsp3) is 0.0714. The number of nitrogens with one attached hydrogen (secondary N) is 1. The van der Waals surface area contributed by atoms with Crippen LogP contribution in [0.5, 0.6) is 0 Å². The molecule has 0 radical (unpaired) electrons. The molecule has 2 nitrogen and oxygen atoms in total. The van der Waals surface area contributed by atoms with E-state index in [-0.39, 0.29) is 0 Å². The fourth-order valence-electron chi connectivity index (χ4n) is 1.97. The van der Waals surface area contributed by atoms with E-state index in [0.29, 0.717) is 11.1 Å². The number of alkyl halides is 3. The molecule has 19 heavy (non-hydrogen) atoms. The number of nitrogens with zero attached hydrogens (tertiary/aromatic N) is 1. The number of hydrogen-bond acceptors (Lipinski definition) is 1. The van der Waals surface area contributed by atoms with Gasteiger partial charge < -0.3 is 4.98 Å². The number of aromatic amines is 1. The minimum atomic E-state index is -4.33. The molecular weight excluding hydrogens is 253 g/mol. The first kappa shape index (κ1) is 11.8. The van der Waals surface area contributed by atoms with Gasteiger partial charge in [-0.25, -0.2) is 0 Å². The Morgan fingerprint density at radius 1 is 1.00 bits per heavy atom. The third-order valence-electron chi connectivity index (χ3n) is 2.92. The van der Waals surface area contributed by atoms with E-state index in [4.69, 9.17) is 0 Å². The molecule has 0 fully saturated rings. The lowest BCUT2D eigenvalue weighted by atomic mass is 10.0. The normalized spacial score (nSPS) is 11.9. The summed E-state index contributed by atoms with van der Waals surface area (Å²) in [5, 5.41) is 0. The zero-order valence-electron chi connectivity index (χ0n) is 9.70. The molecular formula is C14H9F3N2. The molecule has 0 spiro atoms. The van der Waals surface area contributed by atoms with E-state index < -0.39 is 11.7 Å². The molecule has 0 saturated carbocycles. The number of benzene rings is 1. The molecule has 0 atom stereocenters. The molecule has 1 N–H and O–H groups in total. The van der Waals surface area contributed by atoms with Gasteiger partial charge in [0.25, 0.3) is 0 Å². The molecule has 1 aromatic carbocycles. The monoisotopic (exact) mass is 262 g/mol. The standard InChI is InChI=1S/C14H9F3N2/c15-14(16,17)11-3-1-2-9(6-11)10-7-13-12(19-8-10)4-5-18-13/h1-8,18H. The van der Waals surface area contributed by atoms with Crippen LogP contribution in [0.1, 0.15) is 5.56 Å². The van der Waals surface area contributed by atoms with E-state index >= 15 is 0 Å². The Morgan fingerprint density at radius 3 is 2.63 bits per heavy atom. The smallest absolute Gasteiger partial charge is 0.360 e. The van der Waals surface area contributed by atoms with Crippen molar-refractivity contribution in [2.75, 3.05) is 0 Å². The summed E-state index contributed by atoms with van der Waals surface area (Å²) < 4.78 is 38.0. The van der Waals surface area contributed by atoms with Crippen LogP contribution in [-0.4, -0.2) is 9.97 Å².